The highest BCUT2D eigenvalue weighted by atomic mass is 19.4. The molecule has 0 radical (unpaired) electrons. The number of aromatic nitrogens is 2. The number of carbonyl (C=O) groups is 2. The fourth-order valence-corrected chi connectivity index (χ4v) is 4.11. The van der Waals surface area contributed by atoms with Gasteiger partial charge in [0.1, 0.15) is 0 Å². The maximum atomic E-state index is 11.9. The first-order chi connectivity index (χ1) is 15.1. The number of alkyl halides is 3. The number of nitrogens with zero attached hydrogens (tertiary/aromatic N) is 4. The fraction of sp³-hybridized carbons (Fsp3) is 0.500. The molecule has 7 nitrogen and oxygen atoms in total. The molecular formula is C22H27F3N4O3. The van der Waals surface area contributed by atoms with Crippen molar-refractivity contribution < 1.29 is 27.9 Å². The lowest BCUT2D eigenvalue weighted by atomic mass is 10.1. The third kappa shape index (κ3) is 6.32. The molecule has 1 aromatic heterocycles. The van der Waals surface area contributed by atoms with Gasteiger partial charge in [0.25, 0.3) is 0 Å². The number of fused-ring (bicyclic) bond motifs is 1. The lowest BCUT2D eigenvalue weighted by Crippen LogP contribution is -2.39. The molecule has 3 heterocycles. The fourth-order valence-electron chi connectivity index (χ4n) is 4.11. The summed E-state index contributed by atoms with van der Waals surface area (Å²) in [5.41, 5.74) is 3.95. The van der Waals surface area contributed by atoms with E-state index in [0.29, 0.717) is 11.9 Å². The Morgan fingerprint density at radius 1 is 1.28 bits per heavy atom. The number of benzene rings is 1. The molecule has 0 saturated carbocycles. The number of amides is 1. The Hall–Kier alpha value is -2.88. The van der Waals surface area contributed by atoms with Crippen LogP contribution in [0.5, 0.6) is 0 Å². The van der Waals surface area contributed by atoms with Gasteiger partial charge in [-0.25, -0.2) is 4.79 Å². The summed E-state index contributed by atoms with van der Waals surface area (Å²) in [6.07, 6.45) is -0.475. The molecule has 1 atom stereocenters. The van der Waals surface area contributed by atoms with Crippen molar-refractivity contribution in [1.29, 1.82) is 0 Å². The van der Waals surface area contributed by atoms with Crippen LogP contribution in [0, 0.1) is 6.92 Å². The quantitative estimate of drug-likeness (QED) is 0.753. The van der Waals surface area contributed by atoms with Gasteiger partial charge < -0.3 is 10.0 Å². The van der Waals surface area contributed by atoms with Crippen LogP contribution >= 0.6 is 0 Å². The minimum absolute atomic E-state index is 0.313. The first-order valence-corrected chi connectivity index (χ1v) is 10.5. The van der Waals surface area contributed by atoms with Crippen molar-refractivity contribution in [3.05, 3.63) is 53.3 Å². The molecule has 2 aliphatic rings. The first kappa shape index (κ1) is 23.8. The van der Waals surface area contributed by atoms with E-state index >= 15 is 0 Å². The van der Waals surface area contributed by atoms with Crippen LogP contribution in [0.3, 0.4) is 0 Å². The Bertz CT molecular complexity index is 944. The number of aryl methyl sites for hydroxylation is 1. The SMILES string of the molecule is Cc1cccc(CN2Cc3ccnn3C(CCN3CCCC3=O)C2)c1.O=C(O)C(F)(F)F. The number of hydrogen-bond donors (Lipinski definition) is 1. The maximum Gasteiger partial charge on any atom is 0.490 e. The molecular weight excluding hydrogens is 425 g/mol. The highest BCUT2D eigenvalue weighted by Gasteiger charge is 2.38. The van der Waals surface area contributed by atoms with Crippen LogP contribution in [0.1, 0.15) is 42.1 Å². The molecule has 2 aliphatic heterocycles. The van der Waals surface area contributed by atoms with E-state index in [1.54, 1.807) is 0 Å². The van der Waals surface area contributed by atoms with E-state index in [9.17, 15) is 18.0 Å². The summed E-state index contributed by atoms with van der Waals surface area (Å²) in [5, 5.41) is 11.7. The van der Waals surface area contributed by atoms with Crippen LogP contribution in [0.4, 0.5) is 13.2 Å². The predicted molar refractivity (Wildman–Crippen MR) is 111 cm³/mol. The lowest BCUT2D eigenvalue weighted by molar-refractivity contribution is -0.192. The Morgan fingerprint density at radius 3 is 2.66 bits per heavy atom. The Kier molecular flexibility index (Phi) is 7.55. The number of aliphatic carboxylic acids is 1. The highest BCUT2D eigenvalue weighted by molar-refractivity contribution is 5.78. The second-order valence-electron chi connectivity index (χ2n) is 8.16. The molecule has 1 N–H and O–H groups in total. The van der Waals surface area contributed by atoms with Crippen LogP contribution < -0.4 is 0 Å². The second-order valence-corrected chi connectivity index (χ2v) is 8.16. The van der Waals surface area contributed by atoms with Gasteiger partial charge in [-0.05, 0) is 31.4 Å². The zero-order chi connectivity index (χ0) is 23.3. The summed E-state index contributed by atoms with van der Waals surface area (Å²) in [7, 11) is 0. The van der Waals surface area contributed by atoms with Gasteiger partial charge >= 0.3 is 12.1 Å². The van der Waals surface area contributed by atoms with Gasteiger partial charge in [0.05, 0.1) is 11.7 Å². The molecule has 0 spiro atoms. The number of halogens is 3. The normalized spacial score (nSPS) is 18.8. The number of rotatable bonds is 5. The average molecular weight is 452 g/mol. The maximum absolute atomic E-state index is 11.9. The number of likely N-dealkylation sites (tertiary alicyclic amines) is 1. The van der Waals surface area contributed by atoms with E-state index < -0.39 is 12.1 Å². The van der Waals surface area contributed by atoms with Gasteiger partial charge in [0.2, 0.25) is 5.91 Å². The molecule has 1 aromatic carbocycles. The smallest absolute Gasteiger partial charge is 0.475 e. The Labute approximate surface area is 184 Å². The third-order valence-corrected chi connectivity index (χ3v) is 5.59. The molecule has 0 bridgehead atoms. The van der Waals surface area contributed by atoms with Gasteiger partial charge in [-0.3, -0.25) is 14.4 Å². The van der Waals surface area contributed by atoms with E-state index in [-0.39, 0.29) is 0 Å². The van der Waals surface area contributed by atoms with Crippen molar-refractivity contribution in [1.82, 2.24) is 19.6 Å². The molecule has 10 heteroatoms. The van der Waals surface area contributed by atoms with Crippen LogP contribution in [0.2, 0.25) is 0 Å². The van der Waals surface area contributed by atoms with Crippen molar-refractivity contribution in [3.8, 4) is 0 Å². The molecule has 1 saturated heterocycles. The molecule has 1 unspecified atom stereocenters. The molecule has 4 rings (SSSR count). The van der Waals surface area contributed by atoms with Crippen LogP contribution in [0.25, 0.3) is 0 Å². The van der Waals surface area contributed by atoms with Crippen molar-refractivity contribution in [2.45, 2.75) is 51.5 Å². The van der Waals surface area contributed by atoms with E-state index in [1.165, 1.54) is 16.8 Å². The van der Waals surface area contributed by atoms with Crippen LogP contribution in [-0.2, 0) is 22.7 Å². The molecule has 1 fully saturated rings. The molecule has 32 heavy (non-hydrogen) atoms. The van der Waals surface area contributed by atoms with Gasteiger partial charge in [0, 0.05) is 45.3 Å². The standard InChI is InChI=1S/C20H26N4O.C2HF3O2/c1-16-4-2-5-17(12-16)13-22-14-18-7-9-21-24(18)19(15-22)8-11-23-10-3-6-20(23)25;3-2(4,5)1(6)7/h2,4-5,7,9,12,19H,3,6,8,10-11,13-15H2,1H3;(H,6,7). The number of carboxylic acids is 1. The lowest BCUT2D eigenvalue weighted by Gasteiger charge is -2.34. The predicted octanol–water partition coefficient (Wildman–Crippen LogP) is 3.39. The van der Waals surface area contributed by atoms with E-state index in [2.05, 4.69) is 51.9 Å². The van der Waals surface area contributed by atoms with Crippen molar-refractivity contribution in [2.24, 2.45) is 0 Å². The summed E-state index contributed by atoms with van der Waals surface area (Å²) in [5.74, 6) is -2.44. The monoisotopic (exact) mass is 452 g/mol. The first-order valence-electron chi connectivity index (χ1n) is 10.5. The zero-order valence-corrected chi connectivity index (χ0v) is 17.9. The van der Waals surface area contributed by atoms with Crippen LogP contribution in [-0.4, -0.2) is 62.4 Å². The number of carboxylic acid groups (broad SMARTS) is 1. The Morgan fingerprint density at radius 2 is 2.03 bits per heavy atom. The summed E-state index contributed by atoms with van der Waals surface area (Å²) >= 11 is 0. The molecule has 2 aromatic rings. The van der Waals surface area contributed by atoms with E-state index in [1.807, 2.05) is 11.1 Å². The average Bonchev–Trinajstić information content (AvgIpc) is 3.34. The second kappa shape index (κ2) is 10.2. The number of carbonyl (C=O) groups excluding carboxylic acids is 1. The zero-order valence-electron chi connectivity index (χ0n) is 17.9. The van der Waals surface area contributed by atoms with Crippen molar-refractivity contribution in [2.75, 3.05) is 19.6 Å². The molecule has 1 amide bonds. The van der Waals surface area contributed by atoms with Gasteiger partial charge in [-0.1, -0.05) is 29.8 Å². The van der Waals surface area contributed by atoms with E-state index in [4.69, 9.17) is 9.90 Å². The van der Waals surface area contributed by atoms with Crippen molar-refractivity contribution in [3.63, 3.8) is 0 Å². The topological polar surface area (TPSA) is 78.7 Å². The highest BCUT2D eigenvalue weighted by Crippen LogP contribution is 2.25. The van der Waals surface area contributed by atoms with Gasteiger partial charge in [-0.2, -0.15) is 18.3 Å². The minimum Gasteiger partial charge on any atom is -0.475 e. The largest absolute Gasteiger partial charge is 0.490 e. The summed E-state index contributed by atoms with van der Waals surface area (Å²) in [4.78, 5) is 25.3. The molecule has 0 aliphatic carbocycles. The summed E-state index contributed by atoms with van der Waals surface area (Å²) in [6, 6.07) is 11.2. The summed E-state index contributed by atoms with van der Waals surface area (Å²) < 4.78 is 33.9. The van der Waals surface area contributed by atoms with Gasteiger partial charge in [-0.15, -0.1) is 0 Å². The van der Waals surface area contributed by atoms with E-state index in [0.717, 1.165) is 52.0 Å². The van der Waals surface area contributed by atoms with Crippen molar-refractivity contribution >= 4 is 11.9 Å². The number of hydrogen-bond acceptors (Lipinski definition) is 4. The van der Waals surface area contributed by atoms with Crippen LogP contribution in [0.15, 0.2) is 36.5 Å². The third-order valence-electron chi connectivity index (χ3n) is 5.59. The molecule has 174 valence electrons. The summed E-state index contributed by atoms with van der Waals surface area (Å²) in [6.45, 7) is 6.81. The van der Waals surface area contributed by atoms with Gasteiger partial charge in [0.15, 0.2) is 0 Å². The Balaban J connectivity index is 0.000000360. The minimum atomic E-state index is -5.08.